The quantitative estimate of drug-likeness (QED) is 0.761. The van der Waals surface area contributed by atoms with E-state index in [1.54, 1.807) is 0 Å². The highest BCUT2D eigenvalue weighted by molar-refractivity contribution is 4.83. The number of likely N-dealkylation sites (tertiary alicyclic amines) is 1. The van der Waals surface area contributed by atoms with Crippen LogP contribution in [0.4, 0.5) is 8.78 Å². The van der Waals surface area contributed by atoms with Crippen molar-refractivity contribution in [3.8, 4) is 0 Å². The van der Waals surface area contributed by atoms with Crippen LogP contribution in [0.5, 0.6) is 0 Å². The van der Waals surface area contributed by atoms with E-state index in [1.165, 1.54) is 0 Å². The van der Waals surface area contributed by atoms with Crippen molar-refractivity contribution >= 4 is 0 Å². The molecule has 0 aromatic rings. The molecule has 0 atom stereocenters. The first-order valence-corrected chi connectivity index (χ1v) is 5.15. The lowest BCUT2D eigenvalue weighted by atomic mass is 9.84. The lowest BCUT2D eigenvalue weighted by Gasteiger charge is -2.39. The number of nitrogens with zero attached hydrogens (tertiary/aromatic N) is 1. The number of hydrogen-bond donors (Lipinski definition) is 1. The molecule has 1 aliphatic heterocycles. The maximum atomic E-state index is 13.0. The molecule has 0 unspecified atom stereocenters. The highest BCUT2D eigenvalue weighted by Crippen LogP contribution is 2.29. The monoisotopic (exact) mass is 206 g/mol. The molecule has 1 saturated heterocycles. The first-order chi connectivity index (χ1) is 6.35. The van der Waals surface area contributed by atoms with E-state index in [9.17, 15) is 8.78 Å². The summed E-state index contributed by atoms with van der Waals surface area (Å²) in [6, 6.07) is 0. The molecule has 4 heteroatoms. The molecular formula is C10H20F2N2. The van der Waals surface area contributed by atoms with Crippen LogP contribution in [-0.2, 0) is 0 Å². The molecule has 0 amide bonds. The molecule has 14 heavy (non-hydrogen) atoms. The molecule has 0 saturated carbocycles. The maximum Gasteiger partial charge on any atom is 0.272 e. The van der Waals surface area contributed by atoms with Crippen LogP contribution in [-0.4, -0.2) is 37.0 Å². The normalized spacial score (nSPS) is 23.8. The van der Waals surface area contributed by atoms with Crippen molar-refractivity contribution in [2.24, 2.45) is 11.1 Å². The number of nitrogens with two attached hydrogens (primary N) is 1. The Morgan fingerprint density at radius 2 is 2.07 bits per heavy atom. The van der Waals surface area contributed by atoms with E-state index in [0.717, 1.165) is 25.9 Å². The van der Waals surface area contributed by atoms with Crippen LogP contribution in [0.1, 0.15) is 26.7 Å². The zero-order chi connectivity index (χ0) is 10.8. The van der Waals surface area contributed by atoms with E-state index in [-0.39, 0.29) is 12.0 Å². The third-order valence-corrected chi connectivity index (χ3v) is 2.73. The van der Waals surface area contributed by atoms with Gasteiger partial charge in [0.25, 0.3) is 5.92 Å². The summed E-state index contributed by atoms with van der Waals surface area (Å²) in [6.45, 7) is 5.04. The summed E-state index contributed by atoms with van der Waals surface area (Å²) in [5, 5.41) is 0. The van der Waals surface area contributed by atoms with E-state index < -0.39 is 12.5 Å². The molecule has 84 valence electrons. The summed E-state index contributed by atoms with van der Waals surface area (Å²) < 4.78 is 26.0. The van der Waals surface area contributed by atoms with E-state index in [0.29, 0.717) is 0 Å². The van der Waals surface area contributed by atoms with Gasteiger partial charge < -0.3 is 5.73 Å². The molecule has 1 rings (SSSR count). The number of rotatable bonds is 3. The van der Waals surface area contributed by atoms with Crippen LogP contribution in [0.15, 0.2) is 0 Å². The Morgan fingerprint density at radius 3 is 2.57 bits per heavy atom. The van der Waals surface area contributed by atoms with Crippen molar-refractivity contribution in [3.63, 3.8) is 0 Å². The summed E-state index contributed by atoms with van der Waals surface area (Å²) in [5.74, 6) is -2.73. The molecule has 0 aliphatic carbocycles. The Morgan fingerprint density at radius 1 is 1.43 bits per heavy atom. The van der Waals surface area contributed by atoms with E-state index >= 15 is 0 Å². The van der Waals surface area contributed by atoms with Gasteiger partial charge >= 0.3 is 0 Å². The van der Waals surface area contributed by atoms with Gasteiger partial charge in [-0.2, -0.15) is 0 Å². The van der Waals surface area contributed by atoms with Gasteiger partial charge in [-0.25, -0.2) is 8.78 Å². The summed E-state index contributed by atoms with van der Waals surface area (Å²) in [4.78, 5) is 1.83. The molecule has 1 fully saturated rings. The summed E-state index contributed by atoms with van der Waals surface area (Å²) in [6.07, 6.45) is 2.13. The SMILES string of the molecule is CC1(C)CCCN(CC(F)(F)CN)C1. The minimum absolute atomic E-state index is 0.170. The fourth-order valence-electron chi connectivity index (χ4n) is 2.07. The molecule has 0 aromatic heterocycles. The Bertz CT molecular complexity index is 193. The van der Waals surface area contributed by atoms with Crippen LogP contribution in [0.25, 0.3) is 0 Å². The van der Waals surface area contributed by atoms with Gasteiger partial charge in [-0.05, 0) is 24.8 Å². The molecule has 0 aromatic carbocycles. The Labute approximate surface area is 84.4 Å². The predicted molar refractivity (Wildman–Crippen MR) is 53.5 cm³/mol. The molecule has 0 spiro atoms. The summed E-state index contributed by atoms with van der Waals surface area (Å²) in [7, 11) is 0. The van der Waals surface area contributed by atoms with Crippen LogP contribution in [0.3, 0.4) is 0 Å². The van der Waals surface area contributed by atoms with Crippen molar-refractivity contribution in [1.82, 2.24) is 4.90 Å². The number of piperidine rings is 1. The fraction of sp³-hybridized carbons (Fsp3) is 1.00. The second-order valence-electron chi connectivity index (χ2n) is 5.04. The third-order valence-electron chi connectivity index (χ3n) is 2.73. The lowest BCUT2D eigenvalue weighted by Crippen LogP contribution is -2.47. The number of halogens is 2. The van der Waals surface area contributed by atoms with Crippen LogP contribution in [0, 0.1) is 5.41 Å². The molecular weight excluding hydrogens is 186 g/mol. The molecule has 0 radical (unpaired) electrons. The molecule has 1 aliphatic rings. The van der Waals surface area contributed by atoms with Gasteiger partial charge in [0.2, 0.25) is 0 Å². The standard InChI is InChI=1S/C10H20F2N2/c1-9(2)4-3-5-14(7-9)8-10(11,12)6-13/h3-8,13H2,1-2H3. The Hall–Kier alpha value is -0.220. The smallest absolute Gasteiger partial charge is 0.272 e. The summed E-state index contributed by atoms with van der Waals surface area (Å²) >= 11 is 0. The maximum absolute atomic E-state index is 13.0. The van der Waals surface area contributed by atoms with Crippen molar-refractivity contribution in [2.75, 3.05) is 26.2 Å². The van der Waals surface area contributed by atoms with Crippen molar-refractivity contribution < 1.29 is 8.78 Å². The number of alkyl halides is 2. The summed E-state index contributed by atoms with van der Waals surface area (Å²) in [5.41, 5.74) is 5.18. The van der Waals surface area contributed by atoms with Gasteiger partial charge in [0, 0.05) is 6.54 Å². The largest absolute Gasteiger partial charge is 0.325 e. The lowest BCUT2D eigenvalue weighted by molar-refractivity contribution is -0.0396. The van der Waals surface area contributed by atoms with Crippen molar-refractivity contribution in [1.29, 1.82) is 0 Å². The zero-order valence-corrected chi connectivity index (χ0v) is 9.02. The van der Waals surface area contributed by atoms with Crippen LogP contribution in [0.2, 0.25) is 0 Å². The highest BCUT2D eigenvalue weighted by atomic mass is 19.3. The second kappa shape index (κ2) is 4.11. The van der Waals surface area contributed by atoms with Crippen LogP contribution >= 0.6 is 0 Å². The van der Waals surface area contributed by atoms with E-state index in [1.807, 2.05) is 4.90 Å². The topological polar surface area (TPSA) is 29.3 Å². The van der Waals surface area contributed by atoms with Gasteiger partial charge in [-0.3, -0.25) is 4.90 Å². The first-order valence-electron chi connectivity index (χ1n) is 5.15. The van der Waals surface area contributed by atoms with Gasteiger partial charge in [0.15, 0.2) is 0 Å². The highest BCUT2D eigenvalue weighted by Gasteiger charge is 2.34. The average Bonchev–Trinajstić information content (AvgIpc) is 2.01. The van der Waals surface area contributed by atoms with Gasteiger partial charge in [-0.15, -0.1) is 0 Å². The van der Waals surface area contributed by atoms with E-state index in [4.69, 9.17) is 5.73 Å². The average molecular weight is 206 g/mol. The Kier molecular flexibility index (Phi) is 3.48. The fourth-order valence-corrected chi connectivity index (χ4v) is 2.07. The molecule has 1 heterocycles. The van der Waals surface area contributed by atoms with Gasteiger partial charge in [0.1, 0.15) is 0 Å². The minimum Gasteiger partial charge on any atom is -0.325 e. The van der Waals surface area contributed by atoms with Crippen LogP contribution < -0.4 is 5.73 Å². The van der Waals surface area contributed by atoms with Crippen molar-refractivity contribution in [2.45, 2.75) is 32.6 Å². The minimum atomic E-state index is -2.73. The second-order valence-corrected chi connectivity index (χ2v) is 5.04. The molecule has 0 bridgehead atoms. The third kappa shape index (κ3) is 3.50. The molecule has 2 N–H and O–H groups in total. The van der Waals surface area contributed by atoms with Gasteiger partial charge in [-0.1, -0.05) is 13.8 Å². The Balaban J connectivity index is 2.46. The number of hydrogen-bond acceptors (Lipinski definition) is 2. The van der Waals surface area contributed by atoms with Gasteiger partial charge in [0.05, 0.1) is 13.1 Å². The zero-order valence-electron chi connectivity index (χ0n) is 9.02. The predicted octanol–water partition coefficient (Wildman–Crippen LogP) is 1.70. The van der Waals surface area contributed by atoms with Crippen molar-refractivity contribution in [3.05, 3.63) is 0 Å². The molecule has 2 nitrogen and oxygen atoms in total. The van der Waals surface area contributed by atoms with E-state index in [2.05, 4.69) is 13.8 Å². The first kappa shape index (κ1) is 11.9.